The van der Waals surface area contributed by atoms with Crippen LogP contribution in [0.4, 0.5) is 5.13 Å². The molecular formula is C17H16N2O3S. The van der Waals surface area contributed by atoms with Crippen molar-refractivity contribution in [2.24, 2.45) is 0 Å². The van der Waals surface area contributed by atoms with Gasteiger partial charge in [-0.15, -0.1) is 0 Å². The lowest BCUT2D eigenvalue weighted by Crippen LogP contribution is -2.11. The van der Waals surface area contributed by atoms with Crippen LogP contribution in [0.5, 0.6) is 5.75 Å². The Bertz CT molecular complexity index is 827. The van der Waals surface area contributed by atoms with Crippen molar-refractivity contribution in [3.8, 4) is 5.75 Å². The number of thiazole rings is 1. The predicted octanol–water partition coefficient (Wildman–Crippen LogP) is 3.70. The number of methoxy groups -OCH3 is 2. The zero-order chi connectivity index (χ0) is 16.2. The number of para-hydroxylation sites is 1. The Morgan fingerprint density at radius 2 is 1.96 bits per heavy atom. The van der Waals surface area contributed by atoms with Crippen LogP contribution in [0.25, 0.3) is 10.2 Å². The van der Waals surface area contributed by atoms with Gasteiger partial charge in [0, 0.05) is 12.7 Å². The molecule has 118 valence electrons. The van der Waals surface area contributed by atoms with Gasteiger partial charge in [-0.25, -0.2) is 4.98 Å². The van der Waals surface area contributed by atoms with Crippen molar-refractivity contribution in [3.05, 3.63) is 53.6 Å². The second-order valence-electron chi connectivity index (χ2n) is 4.91. The van der Waals surface area contributed by atoms with Gasteiger partial charge in [-0.2, -0.15) is 0 Å². The third kappa shape index (κ3) is 3.33. The van der Waals surface area contributed by atoms with Crippen LogP contribution >= 0.6 is 11.3 Å². The summed E-state index contributed by atoms with van der Waals surface area (Å²) in [7, 11) is 3.25. The van der Waals surface area contributed by atoms with Crippen LogP contribution in [-0.4, -0.2) is 25.1 Å². The third-order valence-electron chi connectivity index (χ3n) is 3.35. The van der Waals surface area contributed by atoms with Crippen molar-refractivity contribution in [2.45, 2.75) is 6.61 Å². The van der Waals surface area contributed by atoms with Gasteiger partial charge in [0.1, 0.15) is 11.3 Å². The van der Waals surface area contributed by atoms with Crippen LogP contribution in [-0.2, 0) is 11.3 Å². The average Bonchev–Trinajstić information content (AvgIpc) is 2.98. The lowest BCUT2D eigenvalue weighted by atomic mass is 10.1. The van der Waals surface area contributed by atoms with Gasteiger partial charge in [0.25, 0.3) is 5.91 Å². The normalized spacial score (nSPS) is 10.7. The highest BCUT2D eigenvalue weighted by atomic mass is 32.1. The molecule has 0 fully saturated rings. The van der Waals surface area contributed by atoms with E-state index in [0.29, 0.717) is 23.1 Å². The second-order valence-corrected chi connectivity index (χ2v) is 5.94. The van der Waals surface area contributed by atoms with Crippen molar-refractivity contribution in [1.29, 1.82) is 0 Å². The summed E-state index contributed by atoms with van der Waals surface area (Å²) in [5.41, 5.74) is 2.36. The SMILES string of the molecule is COCc1ccc(C(=O)Nc2nc3c(OC)cccc3s2)cc1. The van der Waals surface area contributed by atoms with E-state index in [1.54, 1.807) is 26.4 Å². The Labute approximate surface area is 137 Å². The Kier molecular flexibility index (Phi) is 4.55. The van der Waals surface area contributed by atoms with Crippen molar-refractivity contribution < 1.29 is 14.3 Å². The smallest absolute Gasteiger partial charge is 0.257 e. The summed E-state index contributed by atoms with van der Waals surface area (Å²) in [6.45, 7) is 0.527. The number of benzene rings is 2. The first-order valence-corrected chi connectivity index (χ1v) is 7.85. The number of nitrogens with one attached hydrogen (secondary N) is 1. The topological polar surface area (TPSA) is 60.5 Å². The number of hydrogen-bond donors (Lipinski definition) is 1. The molecule has 1 heterocycles. The maximum atomic E-state index is 12.3. The fourth-order valence-corrected chi connectivity index (χ4v) is 3.11. The van der Waals surface area contributed by atoms with Gasteiger partial charge in [-0.3, -0.25) is 10.1 Å². The summed E-state index contributed by atoms with van der Waals surface area (Å²) < 4.78 is 11.3. The number of hydrogen-bond acceptors (Lipinski definition) is 5. The van der Waals surface area contributed by atoms with Gasteiger partial charge >= 0.3 is 0 Å². The van der Waals surface area contributed by atoms with E-state index in [4.69, 9.17) is 9.47 Å². The first-order chi connectivity index (χ1) is 11.2. The van der Waals surface area contributed by atoms with Crippen LogP contribution in [0.1, 0.15) is 15.9 Å². The van der Waals surface area contributed by atoms with E-state index in [0.717, 1.165) is 15.8 Å². The van der Waals surface area contributed by atoms with Gasteiger partial charge in [0.05, 0.1) is 18.4 Å². The van der Waals surface area contributed by atoms with Crippen molar-refractivity contribution in [3.63, 3.8) is 0 Å². The van der Waals surface area contributed by atoms with Gasteiger partial charge in [-0.05, 0) is 29.8 Å². The number of rotatable bonds is 5. The number of aromatic nitrogens is 1. The minimum absolute atomic E-state index is 0.188. The van der Waals surface area contributed by atoms with Crippen molar-refractivity contribution in [2.75, 3.05) is 19.5 Å². The van der Waals surface area contributed by atoms with Gasteiger partial charge in [0.15, 0.2) is 5.13 Å². The molecule has 2 aromatic carbocycles. The largest absolute Gasteiger partial charge is 0.494 e. The average molecular weight is 328 g/mol. The monoisotopic (exact) mass is 328 g/mol. The van der Waals surface area contributed by atoms with Crippen LogP contribution < -0.4 is 10.1 Å². The quantitative estimate of drug-likeness (QED) is 0.776. The number of fused-ring (bicyclic) bond motifs is 1. The molecule has 3 rings (SSSR count). The first-order valence-electron chi connectivity index (χ1n) is 7.04. The van der Waals surface area contributed by atoms with Gasteiger partial charge < -0.3 is 9.47 Å². The minimum atomic E-state index is -0.188. The van der Waals surface area contributed by atoms with Crippen LogP contribution in [0.3, 0.4) is 0 Å². The van der Waals surface area contributed by atoms with Crippen molar-refractivity contribution >= 4 is 32.6 Å². The fourth-order valence-electron chi connectivity index (χ4n) is 2.23. The molecule has 23 heavy (non-hydrogen) atoms. The molecule has 0 aliphatic rings. The minimum Gasteiger partial charge on any atom is -0.494 e. The molecule has 0 bridgehead atoms. The van der Waals surface area contributed by atoms with E-state index in [1.807, 2.05) is 30.3 Å². The highest BCUT2D eigenvalue weighted by Gasteiger charge is 2.12. The molecule has 0 radical (unpaired) electrons. The lowest BCUT2D eigenvalue weighted by molar-refractivity contribution is 0.102. The number of carbonyl (C=O) groups excluding carboxylic acids is 1. The van der Waals surface area contributed by atoms with E-state index in [2.05, 4.69) is 10.3 Å². The first kappa shape index (κ1) is 15.5. The molecule has 0 saturated heterocycles. The molecule has 0 unspecified atom stereocenters. The molecule has 0 spiro atoms. The highest BCUT2D eigenvalue weighted by Crippen LogP contribution is 2.32. The summed E-state index contributed by atoms with van der Waals surface area (Å²) in [5.74, 6) is 0.509. The Balaban J connectivity index is 1.79. The fraction of sp³-hybridized carbons (Fsp3) is 0.176. The predicted molar refractivity (Wildman–Crippen MR) is 91.3 cm³/mol. The van der Waals surface area contributed by atoms with Crippen LogP contribution in [0.2, 0.25) is 0 Å². The summed E-state index contributed by atoms with van der Waals surface area (Å²) in [6.07, 6.45) is 0. The zero-order valence-electron chi connectivity index (χ0n) is 12.8. The van der Waals surface area contributed by atoms with Gasteiger partial charge in [0.2, 0.25) is 0 Å². The standard InChI is InChI=1S/C17H16N2O3S/c1-21-10-11-6-8-12(9-7-11)16(20)19-17-18-15-13(22-2)4-3-5-14(15)23-17/h3-9H,10H2,1-2H3,(H,18,19,20). The molecule has 6 heteroatoms. The highest BCUT2D eigenvalue weighted by molar-refractivity contribution is 7.22. The molecule has 1 amide bonds. The molecular weight excluding hydrogens is 312 g/mol. The molecule has 3 aromatic rings. The number of nitrogens with zero attached hydrogens (tertiary/aromatic N) is 1. The molecule has 1 N–H and O–H groups in total. The van der Waals surface area contributed by atoms with E-state index in [9.17, 15) is 4.79 Å². The van der Waals surface area contributed by atoms with E-state index in [-0.39, 0.29) is 5.91 Å². The maximum absolute atomic E-state index is 12.3. The maximum Gasteiger partial charge on any atom is 0.257 e. The third-order valence-corrected chi connectivity index (χ3v) is 4.29. The van der Waals surface area contributed by atoms with Gasteiger partial charge in [-0.1, -0.05) is 29.5 Å². The lowest BCUT2D eigenvalue weighted by Gasteiger charge is -2.03. The molecule has 0 aliphatic carbocycles. The van der Waals surface area contributed by atoms with E-state index < -0.39 is 0 Å². The number of ether oxygens (including phenoxy) is 2. The van der Waals surface area contributed by atoms with E-state index >= 15 is 0 Å². The number of carbonyl (C=O) groups is 1. The number of amides is 1. The van der Waals surface area contributed by atoms with Crippen molar-refractivity contribution in [1.82, 2.24) is 4.98 Å². The summed E-state index contributed by atoms with van der Waals surface area (Å²) in [4.78, 5) is 16.7. The van der Waals surface area contributed by atoms with E-state index in [1.165, 1.54) is 11.3 Å². The number of anilines is 1. The summed E-state index contributed by atoms with van der Waals surface area (Å²) in [5, 5.41) is 3.38. The Morgan fingerprint density at radius 1 is 1.17 bits per heavy atom. The summed E-state index contributed by atoms with van der Waals surface area (Å²) >= 11 is 1.42. The zero-order valence-corrected chi connectivity index (χ0v) is 13.6. The molecule has 1 aromatic heterocycles. The Hall–Kier alpha value is -2.44. The molecule has 0 saturated carbocycles. The molecule has 0 aliphatic heterocycles. The van der Waals surface area contributed by atoms with Crippen LogP contribution in [0, 0.1) is 0 Å². The molecule has 0 atom stereocenters. The second kappa shape index (κ2) is 6.76. The van der Waals surface area contributed by atoms with Crippen LogP contribution in [0.15, 0.2) is 42.5 Å². The summed E-state index contributed by atoms with van der Waals surface area (Å²) in [6, 6.07) is 13.0. The molecule has 5 nitrogen and oxygen atoms in total. The Morgan fingerprint density at radius 3 is 2.65 bits per heavy atom.